The maximum absolute atomic E-state index is 13.4. The number of hydrogen-bond donors (Lipinski definition) is 1. The van der Waals surface area contributed by atoms with Crippen molar-refractivity contribution < 1.29 is 17.9 Å². The fraction of sp³-hybridized carbons (Fsp3) is 0.379. The highest BCUT2D eigenvalue weighted by molar-refractivity contribution is 7.89. The zero-order valence-corrected chi connectivity index (χ0v) is 25.3. The van der Waals surface area contributed by atoms with E-state index in [4.69, 9.17) is 27.9 Å². The van der Waals surface area contributed by atoms with Gasteiger partial charge in [0.2, 0.25) is 0 Å². The molecule has 4 rings (SSSR count). The summed E-state index contributed by atoms with van der Waals surface area (Å²) in [4.78, 5) is 15.6. The van der Waals surface area contributed by atoms with Crippen LogP contribution in [0.2, 0.25) is 10.0 Å². The van der Waals surface area contributed by atoms with Crippen LogP contribution in [-0.4, -0.2) is 73.6 Å². The minimum atomic E-state index is -3.54. The molecule has 2 heterocycles. The number of aromatic nitrogens is 2. The van der Waals surface area contributed by atoms with Crippen LogP contribution in [0, 0.1) is 11.8 Å². The Labute approximate surface area is 245 Å². The minimum Gasteiger partial charge on any atom is -0.379 e. The molecule has 0 bridgehead atoms. The largest absolute Gasteiger partial charge is 0.379 e. The van der Waals surface area contributed by atoms with Gasteiger partial charge in [-0.2, -0.15) is 5.10 Å². The van der Waals surface area contributed by atoms with Crippen LogP contribution < -0.4 is 5.32 Å². The maximum atomic E-state index is 13.4. The van der Waals surface area contributed by atoms with Crippen LogP contribution >= 0.6 is 23.2 Å². The highest BCUT2D eigenvalue weighted by Gasteiger charge is 2.29. The zero-order valence-electron chi connectivity index (χ0n) is 22.9. The van der Waals surface area contributed by atoms with Crippen molar-refractivity contribution in [3.63, 3.8) is 0 Å². The summed E-state index contributed by atoms with van der Waals surface area (Å²) < 4.78 is 32.0. The summed E-state index contributed by atoms with van der Waals surface area (Å²) in [6.07, 6.45) is 1.12. The van der Waals surface area contributed by atoms with Crippen molar-refractivity contribution in [1.29, 1.82) is 0 Å². The number of benzene rings is 2. The van der Waals surface area contributed by atoms with Gasteiger partial charge in [-0.05, 0) is 51.1 Å². The van der Waals surface area contributed by atoms with Gasteiger partial charge in [0.15, 0.2) is 15.5 Å². The highest BCUT2D eigenvalue weighted by atomic mass is 35.5. The monoisotopic (exact) mass is 602 g/mol. The molecule has 2 aromatic carbocycles. The third-order valence-electron chi connectivity index (χ3n) is 6.03. The average Bonchev–Trinajstić information content (AvgIpc) is 3.21. The number of amides is 1. The SMILES string of the molecule is CC(C)(C)NC(=O)c1nn(-c2ccc(C#CCN3CCOCC3)cc2Cl)c(-c2ccc(Cl)cc2)c1CS(C)(=O)=O. The first-order valence-corrected chi connectivity index (χ1v) is 15.6. The summed E-state index contributed by atoms with van der Waals surface area (Å²) in [6.45, 7) is 9.27. The lowest BCUT2D eigenvalue weighted by Crippen LogP contribution is -2.41. The molecular formula is C29H32Cl2N4O4S. The standard InChI is InChI=1S/C29H32Cl2N4O4S/c1-29(2,3)32-28(36)26-23(19-40(4,37)38)27(21-8-10-22(30)11-9-21)35(33-26)25-12-7-20(18-24(25)31)6-5-13-34-14-16-39-17-15-34/h7-12,18H,13-17,19H2,1-4H3,(H,32,36). The van der Waals surface area contributed by atoms with Crippen molar-refractivity contribution in [2.45, 2.75) is 32.1 Å². The molecule has 0 radical (unpaired) electrons. The van der Waals surface area contributed by atoms with E-state index in [1.807, 2.05) is 26.8 Å². The number of nitrogens with zero attached hydrogens (tertiary/aromatic N) is 3. The van der Waals surface area contributed by atoms with E-state index in [0.29, 0.717) is 46.7 Å². The number of nitrogens with one attached hydrogen (secondary N) is 1. The molecule has 0 saturated carbocycles. The van der Waals surface area contributed by atoms with Crippen molar-refractivity contribution in [3.05, 3.63) is 69.3 Å². The molecule has 1 fully saturated rings. The van der Waals surface area contributed by atoms with E-state index < -0.39 is 21.3 Å². The lowest BCUT2D eigenvalue weighted by atomic mass is 10.0. The molecule has 1 N–H and O–H groups in total. The van der Waals surface area contributed by atoms with Crippen LogP contribution in [0.4, 0.5) is 0 Å². The van der Waals surface area contributed by atoms with Gasteiger partial charge >= 0.3 is 0 Å². The Balaban J connectivity index is 1.82. The third-order valence-corrected chi connectivity index (χ3v) is 7.39. The van der Waals surface area contributed by atoms with E-state index in [1.54, 1.807) is 36.4 Å². The van der Waals surface area contributed by atoms with Gasteiger partial charge in [0.1, 0.15) is 0 Å². The summed E-state index contributed by atoms with van der Waals surface area (Å²) in [7, 11) is -3.54. The number of rotatable bonds is 6. The van der Waals surface area contributed by atoms with Gasteiger partial charge in [-0.1, -0.05) is 47.2 Å². The number of hydrogen-bond acceptors (Lipinski definition) is 6. The second-order valence-electron chi connectivity index (χ2n) is 10.7. The molecule has 1 aliphatic rings. The lowest BCUT2D eigenvalue weighted by Gasteiger charge is -2.24. The van der Waals surface area contributed by atoms with Crippen LogP contribution in [0.3, 0.4) is 0 Å². The topological polar surface area (TPSA) is 93.5 Å². The number of morpholine rings is 1. The Kier molecular flexibility index (Phi) is 9.28. The molecular weight excluding hydrogens is 571 g/mol. The Bertz CT molecular complexity index is 1560. The molecule has 11 heteroatoms. The van der Waals surface area contributed by atoms with Crippen LogP contribution in [0.1, 0.15) is 42.4 Å². The summed E-state index contributed by atoms with van der Waals surface area (Å²) >= 11 is 12.9. The highest BCUT2D eigenvalue weighted by Crippen LogP contribution is 2.34. The second-order valence-corrected chi connectivity index (χ2v) is 13.7. The van der Waals surface area contributed by atoms with Crippen molar-refractivity contribution in [1.82, 2.24) is 20.0 Å². The molecule has 212 valence electrons. The first-order valence-electron chi connectivity index (χ1n) is 12.8. The predicted molar refractivity (Wildman–Crippen MR) is 159 cm³/mol. The van der Waals surface area contributed by atoms with E-state index in [2.05, 4.69) is 27.2 Å². The van der Waals surface area contributed by atoms with E-state index >= 15 is 0 Å². The molecule has 3 aromatic rings. The number of ether oxygens (including phenoxy) is 1. The van der Waals surface area contributed by atoms with Crippen LogP contribution in [0.5, 0.6) is 0 Å². The molecule has 0 unspecified atom stereocenters. The van der Waals surface area contributed by atoms with Gasteiger partial charge in [0.25, 0.3) is 5.91 Å². The van der Waals surface area contributed by atoms with E-state index in [9.17, 15) is 13.2 Å². The Morgan fingerprint density at radius 3 is 2.38 bits per heavy atom. The second kappa shape index (κ2) is 12.3. The van der Waals surface area contributed by atoms with Gasteiger partial charge in [0.05, 0.1) is 41.9 Å². The summed E-state index contributed by atoms with van der Waals surface area (Å²) in [5, 5.41) is 8.39. The Hall–Kier alpha value is -2.87. The van der Waals surface area contributed by atoms with Gasteiger partial charge in [-0.15, -0.1) is 0 Å². The maximum Gasteiger partial charge on any atom is 0.272 e. The fourth-order valence-electron chi connectivity index (χ4n) is 4.28. The first-order chi connectivity index (χ1) is 18.8. The summed E-state index contributed by atoms with van der Waals surface area (Å²) in [5.74, 6) is 5.46. The number of carbonyl (C=O) groups excluding carboxylic acids is 1. The molecule has 1 amide bonds. The molecule has 1 saturated heterocycles. The molecule has 40 heavy (non-hydrogen) atoms. The Morgan fingerprint density at radius 1 is 1.10 bits per heavy atom. The van der Waals surface area contributed by atoms with Crippen molar-refractivity contribution in [3.8, 4) is 28.8 Å². The number of carbonyl (C=O) groups is 1. The Morgan fingerprint density at radius 2 is 1.77 bits per heavy atom. The summed E-state index contributed by atoms with van der Waals surface area (Å²) in [5.41, 5.74) is 2.00. The first kappa shape index (κ1) is 30.1. The lowest BCUT2D eigenvalue weighted by molar-refractivity contribution is 0.0443. The zero-order chi connectivity index (χ0) is 29.1. The quantitative estimate of drug-likeness (QED) is 0.414. The third kappa shape index (κ3) is 7.87. The van der Waals surface area contributed by atoms with Gasteiger partial charge in [-0.3, -0.25) is 9.69 Å². The van der Waals surface area contributed by atoms with E-state index in [0.717, 1.165) is 24.9 Å². The predicted octanol–water partition coefficient (Wildman–Crippen LogP) is 4.60. The van der Waals surface area contributed by atoms with Gasteiger partial charge in [0, 0.05) is 46.6 Å². The van der Waals surface area contributed by atoms with Crippen LogP contribution in [-0.2, 0) is 20.3 Å². The summed E-state index contributed by atoms with van der Waals surface area (Å²) in [6, 6.07) is 12.2. The van der Waals surface area contributed by atoms with E-state index in [-0.39, 0.29) is 17.0 Å². The van der Waals surface area contributed by atoms with Crippen LogP contribution in [0.15, 0.2) is 42.5 Å². The minimum absolute atomic E-state index is 0.00995. The molecule has 1 aromatic heterocycles. The van der Waals surface area contributed by atoms with Crippen LogP contribution in [0.25, 0.3) is 16.9 Å². The number of halogens is 2. The van der Waals surface area contributed by atoms with Gasteiger partial charge < -0.3 is 10.1 Å². The number of sulfone groups is 1. The molecule has 8 nitrogen and oxygen atoms in total. The smallest absolute Gasteiger partial charge is 0.272 e. The van der Waals surface area contributed by atoms with Gasteiger partial charge in [-0.25, -0.2) is 13.1 Å². The van der Waals surface area contributed by atoms with Crippen molar-refractivity contribution >= 4 is 38.9 Å². The normalized spacial score (nSPS) is 14.4. The molecule has 0 atom stereocenters. The van der Waals surface area contributed by atoms with Crippen molar-refractivity contribution in [2.75, 3.05) is 39.1 Å². The van der Waals surface area contributed by atoms with Crippen molar-refractivity contribution in [2.24, 2.45) is 0 Å². The fourth-order valence-corrected chi connectivity index (χ4v) is 5.46. The van der Waals surface area contributed by atoms with E-state index in [1.165, 1.54) is 4.68 Å². The molecule has 0 spiro atoms. The molecule has 0 aliphatic carbocycles. The molecule has 1 aliphatic heterocycles. The average molecular weight is 604 g/mol.